The fourth-order valence-electron chi connectivity index (χ4n) is 4.31. The molecular formula is C32H41N3O5S. The second-order valence-corrected chi connectivity index (χ2v) is 13.0. The Labute approximate surface area is 244 Å². The van der Waals surface area contributed by atoms with Gasteiger partial charge in [-0.25, -0.2) is 8.42 Å². The average molecular weight is 580 g/mol. The molecule has 0 heterocycles. The largest absolute Gasteiger partial charge is 0.494 e. The van der Waals surface area contributed by atoms with Crippen molar-refractivity contribution in [2.24, 2.45) is 0 Å². The second-order valence-electron chi connectivity index (χ2n) is 11.2. The van der Waals surface area contributed by atoms with Crippen LogP contribution in [0, 0.1) is 13.8 Å². The van der Waals surface area contributed by atoms with Crippen molar-refractivity contribution in [3.8, 4) is 5.75 Å². The number of aryl methyl sites for hydroxylation is 2. The standard InChI is InChI=1S/C32H41N3O5S/c1-8-40-28-16-18-29(19-17-28)41(38,39)35(27-14-12-23(2)13-15-27)22-30(36)34(21-26-11-9-10-24(3)20-26)25(4)31(37)33-32(5,6)7/h9-20,25H,8,21-22H2,1-7H3,(H,33,37)/t25-/m1/s1. The minimum atomic E-state index is -4.15. The summed E-state index contributed by atoms with van der Waals surface area (Å²) in [6, 6.07) is 19.9. The second kappa shape index (κ2) is 13.2. The van der Waals surface area contributed by atoms with E-state index in [0.29, 0.717) is 18.0 Å². The Balaban J connectivity index is 2.03. The first kappa shape index (κ1) is 31.7. The van der Waals surface area contributed by atoms with E-state index in [4.69, 9.17) is 4.74 Å². The molecule has 1 atom stereocenters. The summed E-state index contributed by atoms with van der Waals surface area (Å²) >= 11 is 0. The summed E-state index contributed by atoms with van der Waals surface area (Å²) in [6.07, 6.45) is 0. The van der Waals surface area contributed by atoms with Gasteiger partial charge in [-0.3, -0.25) is 13.9 Å². The highest BCUT2D eigenvalue weighted by Gasteiger charge is 2.33. The predicted octanol–water partition coefficient (Wildman–Crippen LogP) is 5.23. The molecule has 0 saturated heterocycles. The molecule has 0 bridgehead atoms. The van der Waals surface area contributed by atoms with E-state index in [1.807, 2.05) is 65.8 Å². The topological polar surface area (TPSA) is 96.0 Å². The van der Waals surface area contributed by atoms with E-state index in [2.05, 4.69) is 5.32 Å². The third-order valence-corrected chi connectivity index (χ3v) is 8.21. The van der Waals surface area contributed by atoms with Crippen molar-refractivity contribution in [2.45, 2.75) is 71.5 Å². The van der Waals surface area contributed by atoms with E-state index in [0.717, 1.165) is 21.0 Å². The summed E-state index contributed by atoms with van der Waals surface area (Å²) < 4.78 is 34.5. The number of rotatable bonds is 11. The Hall–Kier alpha value is -3.85. The van der Waals surface area contributed by atoms with Gasteiger partial charge in [0.1, 0.15) is 18.3 Å². The first-order valence-corrected chi connectivity index (χ1v) is 15.1. The summed E-state index contributed by atoms with van der Waals surface area (Å²) in [5, 5.41) is 2.94. The number of nitrogens with zero attached hydrogens (tertiary/aromatic N) is 2. The molecule has 3 rings (SSSR count). The van der Waals surface area contributed by atoms with Crippen molar-refractivity contribution < 1.29 is 22.7 Å². The lowest BCUT2D eigenvalue weighted by Crippen LogP contribution is -2.54. The number of hydrogen-bond donors (Lipinski definition) is 1. The number of benzene rings is 3. The number of nitrogens with one attached hydrogen (secondary N) is 1. The Morgan fingerprint density at radius 1 is 0.927 bits per heavy atom. The van der Waals surface area contributed by atoms with Gasteiger partial charge in [-0.05, 0) is 90.4 Å². The van der Waals surface area contributed by atoms with E-state index >= 15 is 0 Å². The van der Waals surface area contributed by atoms with Gasteiger partial charge in [-0.15, -0.1) is 0 Å². The molecule has 0 saturated carbocycles. The van der Waals surface area contributed by atoms with Gasteiger partial charge in [-0.2, -0.15) is 0 Å². The van der Waals surface area contributed by atoms with E-state index in [-0.39, 0.29) is 17.3 Å². The van der Waals surface area contributed by atoms with Gasteiger partial charge in [0, 0.05) is 12.1 Å². The molecule has 0 unspecified atom stereocenters. The van der Waals surface area contributed by atoms with Crippen molar-refractivity contribution >= 4 is 27.5 Å². The van der Waals surface area contributed by atoms with Crippen molar-refractivity contribution in [1.82, 2.24) is 10.2 Å². The summed E-state index contributed by atoms with van der Waals surface area (Å²) in [7, 11) is -4.15. The lowest BCUT2D eigenvalue weighted by Gasteiger charge is -2.33. The smallest absolute Gasteiger partial charge is 0.264 e. The van der Waals surface area contributed by atoms with Crippen LogP contribution in [0.15, 0.2) is 77.7 Å². The number of anilines is 1. The number of carbonyl (C=O) groups excluding carboxylic acids is 2. The van der Waals surface area contributed by atoms with E-state index in [1.54, 1.807) is 43.3 Å². The van der Waals surface area contributed by atoms with Crippen LogP contribution < -0.4 is 14.4 Å². The Bertz CT molecular complexity index is 1450. The molecule has 0 aromatic heterocycles. The molecule has 0 fully saturated rings. The monoisotopic (exact) mass is 579 g/mol. The third kappa shape index (κ3) is 8.57. The van der Waals surface area contributed by atoms with Crippen LogP contribution in [0.4, 0.5) is 5.69 Å². The molecule has 2 amide bonds. The Morgan fingerprint density at radius 2 is 1.56 bits per heavy atom. The molecule has 8 nitrogen and oxygen atoms in total. The molecule has 3 aromatic carbocycles. The molecule has 220 valence electrons. The lowest BCUT2D eigenvalue weighted by molar-refractivity contribution is -0.140. The van der Waals surface area contributed by atoms with Gasteiger partial charge in [0.25, 0.3) is 10.0 Å². The summed E-state index contributed by atoms with van der Waals surface area (Å²) in [5.41, 5.74) is 2.65. The van der Waals surface area contributed by atoms with Crippen molar-refractivity contribution in [3.63, 3.8) is 0 Å². The normalized spacial score (nSPS) is 12.4. The van der Waals surface area contributed by atoms with Crippen LogP contribution in [0.5, 0.6) is 5.75 Å². The van der Waals surface area contributed by atoms with Crippen LogP contribution in [0.25, 0.3) is 0 Å². The fourth-order valence-corrected chi connectivity index (χ4v) is 5.72. The summed E-state index contributed by atoms with van der Waals surface area (Å²) in [6.45, 7) is 13.1. The van der Waals surface area contributed by atoms with Crippen molar-refractivity contribution in [3.05, 3.63) is 89.5 Å². The summed E-state index contributed by atoms with van der Waals surface area (Å²) in [5.74, 6) is -0.277. The molecule has 3 aromatic rings. The quantitative estimate of drug-likeness (QED) is 0.336. The predicted molar refractivity (Wildman–Crippen MR) is 162 cm³/mol. The van der Waals surface area contributed by atoms with Gasteiger partial charge in [0.15, 0.2) is 0 Å². The first-order valence-electron chi connectivity index (χ1n) is 13.7. The van der Waals surface area contributed by atoms with Gasteiger partial charge in [0.2, 0.25) is 11.8 Å². The van der Waals surface area contributed by atoms with Gasteiger partial charge >= 0.3 is 0 Å². The summed E-state index contributed by atoms with van der Waals surface area (Å²) in [4.78, 5) is 28.7. The molecule has 0 spiro atoms. The van der Waals surface area contributed by atoms with Crippen molar-refractivity contribution in [2.75, 3.05) is 17.5 Å². The first-order chi connectivity index (χ1) is 19.2. The molecule has 9 heteroatoms. The minimum absolute atomic E-state index is 0.0260. The minimum Gasteiger partial charge on any atom is -0.494 e. The maximum absolute atomic E-state index is 14.0. The van der Waals surface area contributed by atoms with Crippen molar-refractivity contribution in [1.29, 1.82) is 0 Å². The highest BCUT2D eigenvalue weighted by Crippen LogP contribution is 2.26. The van der Waals surface area contributed by atoms with E-state index in [1.165, 1.54) is 17.0 Å². The van der Waals surface area contributed by atoms with Gasteiger partial charge in [-0.1, -0.05) is 47.5 Å². The fraction of sp³-hybridized carbons (Fsp3) is 0.375. The molecule has 0 aliphatic rings. The zero-order valence-corrected chi connectivity index (χ0v) is 25.8. The Kier molecular flexibility index (Phi) is 10.2. The van der Waals surface area contributed by atoms with Crippen LogP contribution in [0.1, 0.15) is 51.3 Å². The Morgan fingerprint density at radius 3 is 2.12 bits per heavy atom. The molecular weight excluding hydrogens is 538 g/mol. The third-order valence-electron chi connectivity index (χ3n) is 6.42. The van der Waals surface area contributed by atoms with Gasteiger partial charge in [0.05, 0.1) is 17.2 Å². The van der Waals surface area contributed by atoms with Crippen LogP contribution in [0.2, 0.25) is 0 Å². The van der Waals surface area contributed by atoms with Crippen LogP contribution >= 0.6 is 0 Å². The molecule has 41 heavy (non-hydrogen) atoms. The van der Waals surface area contributed by atoms with Gasteiger partial charge < -0.3 is 15.0 Å². The highest BCUT2D eigenvalue weighted by atomic mass is 32.2. The zero-order chi connectivity index (χ0) is 30.4. The van der Waals surface area contributed by atoms with E-state index < -0.39 is 34.1 Å². The number of hydrogen-bond acceptors (Lipinski definition) is 5. The molecule has 1 N–H and O–H groups in total. The lowest BCUT2D eigenvalue weighted by atomic mass is 10.1. The maximum Gasteiger partial charge on any atom is 0.264 e. The zero-order valence-electron chi connectivity index (χ0n) is 25.0. The molecule has 0 radical (unpaired) electrons. The van der Waals surface area contributed by atoms with Crippen LogP contribution in [0.3, 0.4) is 0 Å². The number of carbonyl (C=O) groups is 2. The SMILES string of the molecule is CCOc1ccc(S(=O)(=O)N(CC(=O)N(Cc2cccc(C)c2)[C@H](C)C(=O)NC(C)(C)C)c2ccc(C)cc2)cc1. The van der Waals surface area contributed by atoms with Crippen LogP contribution in [-0.4, -0.2) is 49.9 Å². The number of sulfonamides is 1. The average Bonchev–Trinajstić information content (AvgIpc) is 2.90. The van der Waals surface area contributed by atoms with Crippen LogP contribution in [-0.2, 0) is 26.2 Å². The van der Waals surface area contributed by atoms with E-state index in [9.17, 15) is 18.0 Å². The number of amides is 2. The maximum atomic E-state index is 14.0. The molecule has 0 aliphatic carbocycles. The highest BCUT2D eigenvalue weighted by molar-refractivity contribution is 7.92. The number of ether oxygens (including phenoxy) is 1. The molecule has 0 aliphatic heterocycles.